The zero-order valence-electron chi connectivity index (χ0n) is 13.0. The lowest BCUT2D eigenvalue weighted by Gasteiger charge is -2.27. The Hall–Kier alpha value is -2.14. The first-order valence-corrected chi connectivity index (χ1v) is 8.06. The van der Waals surface area contributed by atoms with Crippen LogP contribution in [0.25, 0.3) is 0 Å². The molecule has 23 heavy (non-hydrogen) atoms. The van der Waals surface area contributed by atoms with Crippen molar-refractivity contribution in [2.75, 3.05) is 13.1 Å². The van der Waals surface area contributed by atoms with Gasteiger partial charge in [-0.15, -0.1) is 0 Å². The fourth-order valence-electron chi connectivity index (χ4n) is 2.55. The molecule has 1 saturated heterocycles. The summed E-state index contributed by atoms with van der Waals surface area (Å²) in [5.74, 6) is 0.712. The summed E-state index contributed by atoms with van der Waals surface area (Å²) in [5, 5.41) is 0.416. The second kappa shape index (κ2) is 6.96. The van der Waals surface area contributed by atoms with Gasteiger partial charge in [-0.2, -0.15) is 0 Å². The second-order valence-electron chi connectivity index (χ2n) is 5.60. The minimum absolute atomic E-state index is 0.0882. The van der Waals surface area contributed by atoms with E-state index >= 15 is 0 Å². The third kappa shape index (κ3) is 3.79. The number of nitrogens with zero attached hydrogens (tertiary/aromatic N) is 3. The Kier molecular flexibility index (Phi) is 4.76. The van der Waals surface area contributed by atoms with Crippen LogP contribution in [0.4, 0.5) is 0 Å². The van der Waals surface area contributed by atoms with Gasteiger partial charge in [0.15, 0.2) is 0 Å². The standard InChI is InChI=1S/C17H18ClN3O2/c1-12-5-6-14(11-19-12)23-16-15(9-13(18)10-20-16)17(22)21-7-3-2-4-8-21/h5-6,9-11H,2-4,7-8H2,1H3. The highest BCUT2D eigenvalue weighted by Gasteiger charge is 2.23. The number of hydrogen-bond donors (Lipinski definition) is 0. The topological polar surface area (TPSA) is 55.3 Å². The van der Waals surface area contributed by atoms with Crippen molar-refractivity contribution in [2.24, 2.45) is 0 Å². The van der Waals surface area contributed by atoms with Crippen LogP contribution in [0.3, 0.4) is 0 Å². The number of carbonyl (C=O) groups is 1. The Labute approximate surface area is 140 Å². The summed E-state index contributed by atoms with van der Waals surface area (Å²) in [5.41, 5.74) is 1.28. The average Bonchev–Trinajstić information content (AvgIpc) is 2.58. The smallest absolute Gasteiger partial charge is 0.259 e. The van der Waals surface area contributed by atoms with E-state index < -0.39 is 0 Å². The van der Waals surface area contributed by atoms with E-state index in [0.717, 1.165) is 38.0 Å². The van der Waals surface area contributed by atoms with Crippen molar-refractivity contribution in [1.29, 1.82) is 0 Å². The summed E-state index contributed by atoms with van der Waals surface area (Å²) < 4.78 is 5.75. The van der Waals surface area contributed by atoms with Crippen molar-refractivity contribution in [2.45, 2.75) is 26.2 Å². The molecule has 1 aliphatic heterocycles. The Morgan fingerprint density at radius 2 is 1.96 bits per heavy atom. The minimum Gasteiger partial charge on any atom is -0.437 e. The van der Waals surface area contributed by atoms with Crippen molar-refractivity contribution in [3.8, 4) is 11.6 Å². The molecule has 0 N–H and O–H groups in total. The largest absolute Gasteiger partial charge is 0.437 e. The van der Waals surface area contributed by atoms with E-state index in [2.05, 4.69) is 9.97 Å². The van der Waals surface area contributed by atoms with Gasteiger partial charge in [0.05, 0.1) is 11.2 Å². The van der Waals surface area contributed by atoms with Gasteiger partial charge in [-0.05, 0) is 44.4 Å². The van der Waals surface area contributed by atoms with Gasteiger partial charge in [0.1, 0.15) is 11.3 Å². The highest BCUT2D eigenvalue weighted by Crippen LogP contribution is 2.27. The molecule has 6 heteroatoms. The molecule has 2 aromatic rings. The molecule has 5 nitrogen and oxygen atoms in total. The van der Waals surface area contributed by atoms with Crippen molar-refractivity contribution in [1.82, 2.24) is 14.9 Å². The molecular formula is C17H18ClN3O2. The molecule has 1 amide bonds. The summed E-state index contributed by atoms with van der Waals surface area (Å²) in [6.45, 7) is 3.42. The summed E-state index contributed by atoms with van der Waals surface area (Å²) in [4.78, 5) is 22.9. The molecule has 0 radical (unpaired) electrons. The maximum absolute atomic E-state index is 12.7. The molecule has 0 bridgehead atoms. The zero-order chi connectivity index (χ0) is 16.2. The number of hydrogen-bond acceptors (Lipinski definition) is 4. The third-order valence-electron chi connectivity index (χ3n) is 3.79. The molecule has 0 unspecified atom stereocenters. The molecular weight excluding hydrogens is 314 g/mol. The molecule has 0 atom stereocenters. The summed E-state index contributed by atoms with van der Waals surface area (Å²) >= 11 is 6.02. The zero-order valence-corrected chi connectivity index (χ0v) is 13.7. The Morgan fingerprint density at radius 3 is 2.65 bits per heavy atom. The van der Waals surface area contributed by atoms with Crippen LogP contribution in [0.2, 0.25) is 5.02 Å². The highest BCUT2D eigenvalue weighted by molar-refractivity contribution is 6.30. The number of amides is 1. The molecule has 0 saturated carbocycles. The SMILES string of the molecule is Cc1ccc(Oc2ncc(Cl)cc2C(=O)N2CCCCC2)cn1. The van der Waals surface area contributed by atoms with E-state index in [9.17, 15) is 4.79 Å². The number of pyridine rings is 2. The molecule has 0 aliphatic carbocycles. The van der Waals surface area contributed by atoms with Gasteiger partial charge >= 0.3 is 0 Å². The van der Waals surface area contributed by atoms with Crippen LogP contribution >= 0.6 is 11.6 Å². The van der Waals surface area contributed by atoms with Gasteiger partial charge in [0.25, 0.3) is 5.91 Å². The Balaban J connectivity index is 1.87. The van der Waals surface area contributed by atoms with Crippen LogP contribution in [0.5, 0.6) is 11.6 Å². The number of likely N-dealkylation sites (tertiary alicyclic amines) is 1. The Morgan fingerprint density at radius 1 is 1.17 bits per heavy atom. The fourth-order valence-corrected chi connectivity index (χ4v) is 2.71. The predicted molar refractivity (Wildman–Crippen MR) is 88.0 cm³/mol. The normalized spacial score (nSPS) is 14.6. The third-order valence-corrected chi connectivity index (χ3v) is 4.00. The lowest BCUT2D eigenvalue weighted by molar-refractivity contribution is 0.0721. The van der Waals surface area contributed by atoms with Crippen LogP contribution in [-0.4, -0.2) is 33.9 Å². The maximum Gasteiger partial charge on any atom is 0.259 e. The van der Waals surface area contributed by atoms with Crippen LogP contribution in [0.1, 0.15) is 35.3 Å². The van der Waals surface area contributed by atoms with Gasteiger partial charge in [-0.25, -0.2) is 4.98 Å². The molecule has 120 valence electrons. The van der Waals surface area contributed by atoms with E-state index in [1.54, 1.807) is 18.3 Å². The quantitative estimate of drug-likeness (QED) is 0.857. The highest BCUT2D eigenvalue weighted by atomic mass is 35.5. The molecule has 0 spiro atoms. The number of aromatic nitrogens is 2. The molecule has 1 fully saturated rings. The first-order valence-electron chi connectivity index (χ1n) is 7.69. The van der Waals surface area contributed by atoms with Crippen LogP contribution in [0, 0.1) is 6.92 Å². The van der Waals surface area contributed by atoms with Crippen molar-refractivity contribution < 1.29 is 9.53 Å². The second-order valence-corrected chi connectivity index (χ2v) is 6.03. The first-order chi connectivity index (χ1) is 11.1. The van der Waals surface area contributed by atoms with Crippen LogP contribution in [0.15, 0.2) is 30.6 Å². The number of rotatable bonds is 3. The predicted octanol–water partition coefficient (Wildman–Crippen LogP) is 3.86. The average molecular weight is 332 g/mol. The van der Waals surface area contributed by atoms with Gasteiger partial charge < -0.3 is 9.64 Å². The van der Waals surface area contributed by atoms with E-state index in [0.29, 0.717) is 16.3 Å². The number of ether oxygens (including phenoxy) is 1. The van der Waals surface area contributed by atoms with Crippen molar-refractivity contribution in [3.05, 3.63) is 46.9 Å². The maximum atomic E-state index is 12.7. The number of aryl methyl sites for hydroxylation is 1. The molecule has 3 heterocycles. The summed E-state index contributed by atoms with van der Waals surface area (Å²) in [6, 6.07) is 5.26. The Bertz CT molecular complexity index is 697. The van der Waals surface area contributed by atoms with Gasteiger partial charge in [-0.3, -0.25) is 9.78 Å². The van der Waals surface area contributed by atoms with Crippen molar-refractivity contribution in [3.63, 3.8) is 0 Å². The van der Waals surface area contributed by atoms with Gasteiger partial charge in [0.2, 0.25) is 5.88 Å². The number of carbonyl (C=O) groups excluding carboxylic acids is 1. The number of halogens is 1. The first kappa shape index (κ1) is 15.7. The fraction of sp³-hybridized carbons (Fsp3) is 0.353. The molecule has 2 aromatic heterocycles. The van der Waals surface area contributed by atoms with Crippen LogP contribution in [-0.2, 0) is 0 Å². The van der Waals surface area contributed by atoms with E-state index in [1.165, 1.54) is 6.20 Å². The molecule has 0 aromatic carbocycles. The van der Waals surface area contributed by atoms with Gasteiger partial charge in [-0.1, -0.05) is 11.6 Å². The minimum atomic E-state index is -0.0882. The van der Waals surface area contributed by atoms with E-state index in [1.807, 2.05) is 17.9 Å². The summed E-state index contributed by atoms with van der Waals surface area (Å²) in [7, 11) is 0. The van der Waals surface area contributed by atoms with Crippen molar-refractivity contribution >= 4 is 17.5 Å². The van der Waals surface area contributed by atoms with Gasteiger partial charge in [0, 0.05) is 25.0 Å². The molecule has 1 aliphatic rings. The van der Waals surface area contributed by atoms with E-state index in [4.69, 9.17) is 16.3 Å². The van der Waals surface area contributed by atoms with Crippen LogP contribution < -0.4 is 4.74 Å². The lowest BCUT2D eigenvalue weighted by atomic mass is 10.1. The lowest BCUT2D eigenvalue weighted by Crippen LogP contribution is -2.35. The monoisotopic (exact) mass is 331 g/mol. The number of piperidine rings is 1. The summed E-state index contributed by atoms with van der Waals surface area (Å²) in [6.07, 6.45) is 6.30. The van der Waals surface area contributed by atoms with E-state index in [-0.39, 0.29) is 11.8 Å². The molecule has 3 rings (SSSR count).